The lowest BCUT2D eigenvalue weighted by Crippen LogP contribution is -1.57. The molecule has 0 amide bonds. The molecule has 0 aliphatic carbocycles. The number of aliphatic hydroxyl groups is 1. The van der Waals surface area contributed by atoms with Crippen LogP contribution < -0.4 is 0 Å². The fourth-order valence-electron chi connectivity index (χ4n) is 0.385. The van der Waals surface area contributed by atoms with Gasteiger partial charge in [-0.25, -0.2) is 0 Å². The minimum Gasteiger partial charge on any atom is -0.397 e. The van der Waals surface area contributed by atoms with E-state index >= 15 is 0 Å². The molecule has 1 nitrogen and oxygen atoms in total. The van der Waals surface area contributed by atoms with Crippen molar-refractivity contribution in [2.75, 3.05) is 6.61 Å². The Kier molecular flexibility index (Phi) is 6.53. The molecule has 0 saturated carbocycles. The highest BCUT2D eigenvalue weighted by Gasteiger charge is 1.57. The van der Waals surface area contributed by atoms with Crippen molar-refractivity contribution < 1.29 is 5.11 Å². The maximum absolute atomic E-state index is 7.57. The number of aliphatic hydroxyl groups excluding tert-OH is 1. The first kappa shape index (κ1) is 8.18. The average molecular weight is 124 g/mol. The fourth-order valence-corrected chi connectivity index (χ4v) is 0.385. The fraction of sp³-hybridized carbons (Fsp3) is 0.250. The molecule has 1 heteroatoms. The van der Waals surface area contributed by atoms with Crippen molar-refractivity contribution in [2.45, 2.75) is 6.92 Å². The Labute approximate surface area is 56.0 Å². The van der Waals surface area contributed by atoms with Crippen LogP contribution in [0.4, 0.5) is 0 Å². The first-order valence-electron chi connectivity index (χ1n) is 3.02. The third-order valence-electron chi connectivity index (χ3n) is 0.667. The summed E-state index contributed by atoms with van der Waals surface area (Å²) in [5, 5.41) is 7.57. The highest BCUT2D eigenvalue weighted by atomic mass is 16.2. The van der Waals surface area contributed by atoms with Crippen LogP contribution in [0, 0.1) is 0 Å². The summed E-state index contributed by atoms with van der Waals surface area (Å²) in [4.78, 5) is 0. The topological polar surface area (TPSA) is 20.2 Å². The second-order valence-electron chi connectivity index (χ2n) is 1.47. The lowest BCUT2D eigenvalue weighted by molar-refractivity contribution is 0.318. The zero-order chi connectivity index (χ0) is 6.95. The Hall–Kier alpha value is -0.820. The number of benzene rings is 1. The van der Waals surface area contributed by atoms with Crippen LogP contribution in [0.2, 0.25) is 0 Å². The van der Waals surface area contributed by atoms with Crippen molar-refractivity contribution in [1.82, 2.24) is 0 Å². The van der Waals surface area contributed by atoms with Gasteiger partial charge in [-0.1, -0.05) is 36.4 Å². The van der Waals surface area contributed by atoms with Crippen LogP contribution in [0.15, 0.2) is 36.4 Å². The van der Waals surface area contributed by atoms with E-state index in [0.717, 1.165) is 0 Å². The molecule has 0 aromatic heterocycles. The number of hydrogen-bond donors (Lipinski definition) is 1. The summed E-state index contributed by atoms with van der Waals surface area (Å²) in [6, 6.07) is 12.0. The quantitative estimate of drug-likeness (QED) is 0.558. The predicted molar refractivity (Wildman–Crippen MR) is 39.2 cm³/mol. The summed E-state index contributed by atoms with van der Waals surface area (Å²) < 4.78 is 0. The van der Waals surface area contributed by atoms with E-state index in [4.69, 9.17) is 5.11 Å². The van der Waals surface area contributed by atoms with Crippen LogP contribution in [0.25, 0.3) is 0 Å². The third kappa shape index (κ3) is 7.18. The molecule has 9 heavy (non-hydrogen) atoms. The van der Waals surface area contributed by atoms with Crippen molar-refractivity contribution in [1.29, 1.82) is 0 Å². The van der Waals surface area contributed by atoms with Crippen molar-refractivity contribution in [3.8, 4) is 0 Å². The Morgan fingerprint density at radius 1 is 0.889 bits per heavy atom. The summed E-state index contributed by atoms with van der Waals surface area (Å²) in [5.74, 6) is 0. The molecule has 0 fully saturated rings. The molecule has 0 unspecified atom stereocenters. The summed E-state index contributed by atoms with van der Waals surface area (Å²) in [5.41, 5.74) is 0. The van der Waals surface area contributed by atoms with Gasteiger partial charge >= 0.3 is 0 Å². The van der Waals surface area contributed by atoms with Gasteiger partial charge < -0.3 is 5.11 Å². The predicted octanol–water partition coefficient (Wildman–Crippen LogP) is 1.69. The van der Waals surface area contributed by atoms with Gasteiger partial charge in [-0.2, -0.15) is 0 Å². The van der Waals surface area contributed by atoms with E-state index in [-0.39, 0.29) is 6.61 Å². The molecular formula is C8H12O. The van der Waals surface area contributed by atoms with E-state index in [9.17, 15) is 0 Å². The molecule has 0 aliphatic rings. The lowest BCUT2D eigenvalue weighted by Gasteiger charge is -1.69. The van der Waals surface area contributed by atoms with Crippen LogP contribution in [-0.4, -0.2) is 11.7 Å². The molecule has 1 aromatic carbocycles. The summed E-state index contributed by atoms with van der Waals surface area (Å²) in [7, 11) is 0. The molecule has 0 atom stereocenters. The van der Waals surface area contributed by atoms with Crippen LogP contribution in [0.1, 0.15) is 6.92 Å². The number of hydrogen-bond acceptors (Lipinski definition) is 1. The maximum Gasteiger partial charge on any atom is 0.0402 e. The first-order valence-corrected chi connectivity index (χ1v) is 3.02. The lowest BCUT2D eigenvalue weighted by atomic mass is 10.4. The van der Waals surface area contributed by atoms with Gasteiger partial charge in [0.05, 0.1) is 0 Å². The largest absolute Gasteiger partial charge is 0.397 e. The molecule has 0 aliphatic heterocycles. The summed E-state index contributed by atoms with van der Waals surface area (Å²) in [6.45, 7) is 1.93. The molecule has 1 N–H and O–H groups in total. The molecule has 0 radical (unpaired) electrons. The molecule has 50 valence electrons. The molecule has 0 heterocycles. The second-order valence-corrected chi connectivity index (χ2v) is 1.47. The normalized spacial score (nSPS) is 7.33. The minimum atomic E-state index is 0.250. The molecule has 1 rings (SSSR count). The van der Waals surface area contributed by atoms with Crippen LogP contribution in [0.3, 0.4) is 0 Å². The minimum absolute atomic E-state index is 0.250. The van der Waals surface area contributed by atoms with Gasteiger partial charge in [-0.05, 0) is 6.92 Å². The Morgan fingerprint density at radius 3 is 1.11 bits per heavy atom. The SMILES string of the molecule is CCO.c1ccccc1. The molecular weight excluding hydrogens is 112 g/mol. The molecule has 0 bridgehead atoms. The Morgan fingerprint density at radius 2 is 1.00 bits per heavy atom. The Balaban J connectivity index is 0.000000187. The van der Waals surface area contributed by atoms with Gasteiger partial charge in [0.15, 0.2) is 0 Å². The standard InChI is InChI=1S/C6H6.C2H6O/c1-2-4-6-5-3-1;1-2-3/h1-6H;3H,2H2,1H3. The monoisotopic (exact) mass is 124 g/mol. The van der Waals surface area contributed by atoms with E-state index in [1.165, 1.54) is 0 Å². The maximum atomic E-state index is 7.57. The average Bonchev–Trinajstić information content (AvgIpc) is 1.93. The third-order valence-corrected chi connectivity index (χ3v) is 0.667. The van der Waals surface area contributed by atoms with Gasteiger partial charge in [0.2, 0.25) is 0 Å². The van der Waals surface area contributed by atoms with Gasteiger partial charge in [0, 0.05) is 6.61 Å². The van der Waals surface area contributed by atoms with Crippen molar-refractivity contribution >= 4 is 0 Å². The second kappa shape index (κ2) is 7.18. The van der Waals surface area contributed by atoms with E-state index in [0.29, 0.717) is 0 Å². The smallest absolute Gasteiger partial charge is 0.0402 e. The number of rotatable bonds is 0. The van der Waals surface area contributed by atoms with Crippen LogP contribution in [0.5, 0.6) is 0 Å². The van der Waals surface area contributed by atoms with Crippen LogP contribution >= 0.6 is 0 Å². The molecule has 0 saturated heterocycles. The Bertz CT molecular complexity index is 87.4. The van der Waals surface area contributed by atoms with Crippen molar-refractivity contribution in [2.24, 2.45) is 0 Å². The van der Waals surface area contributed by atoms with Crippen molar-refractivity contribution in [3.05, 3.63) is 36.4 Å². The van der Waals surface area contributed by atoms with Crippen molar-refractivity contribution in [3.63, 3.8) is 0 Å². The molecule has 1 aromatic rings. The first-order chi connectivity index (χ1) is 4.41. The highest BCUT2D eigenvalue weighted by Crippen LogP contribution is 1.79. The summed E-state index contributed by atoms with van der Waals surface area (Å²) >= 11 is 0. The van der Waals surface area contributed by atoms with E-state index < -0.39 is 0 Å². The van der Waals surface area contributed by atoms with Gasteiger partial charge in [-0.15, -0.1) is 0 Å². The summed E-state index contributed by atoms with van der Waals surface area (Å²) in [6.07, 6.45) is 0. The zero-order valence-corrected chi connectivity index (χ0v) is 5.62. The van der Waals surface area contributed by atoms with E-state index in [1.807, 2.05) is 36.4 Å². The highest BCUT2D eigenvalue weighted by molar-refractivity contribution is 4.99. The van der Waals surface area contributed by atoms with Gasteiger partial charge in [0.25, 0.3) is 0 Å². The van der Waals surface area contributed by atoms with Crippen LogP contribution in [-0.2, 0) is 0 Å². The van der Waals surface area contributed by atoms with E-state index in [2.05, 4.69) is 0 Å². The van der Waals surface area contributed by atoms with Gasteiger partial charge in [0.1, 0.15) is 0 Å². The molecule has 0 spiro atoms. The van der Waals surface area contributed by atoms with E-state index in [1.54, 1.807) is 6.92 Å². The zero-order valence-electron chi connectivity index (χ0n) is 5.62. The van der Waals surface area contributed by atoms with Gasteiger partial charge in [-0.3, -0.25) is 0 Å².